The zero-order chi connectivity index (χ0) is 21.2. The van der Waals surface area contributed by atoms with Crippen molar-refractivity contribution in [2.75, 3.05) is 19.4 Å². The van der Waals surface area contributed by atoms with Crippen LogP contribution in [0.15, 0.2) is 53.4 Å². The Kier molecular flexibility index (Phi) is 8.99. The van der Waals surface area contributed by atoms with Gasteiger partial charge in [0.25, 0.3) is 5.91 Å². The van der Waals surface area contributed by atoms with Gasteiger partial charge in [-0.25, -0.2) is 4.39 Å². The zero-order valence-corrected chi connectivity index (χ0v) is 17.7. The first-order valence-electron chi connectivity index (χ1n) is 9.51. The third kappa shape index (κ3) is 7.42. The fraction of sp³-hybridized carbons (Fsp3) is 0.364. The van der Waals surface area contributed by atoms with E-state index in [1.165, 1.54) is 12.1 Å². The Morgan fingerprint density at radius 1 is 1.07 bits per heavy atom. The summed E-state index contributed by atoms with van der Waals surface area (Å²) in [4.78, 5) is 26.0. The van der Waals surface area contributed by atoms with Gasteiger partial charge in [0.1, 0.15) is 17.6 Å². The molecule has 156 valence electrons. The van der Waals surface area contributed by atoms with E-state index >= 15 is 0 Å². The topological polar surface area (TPSA) is 67.4 Å². The minimum absolute atomic E-state index is 0.0502. The molecule has 0 radical (unpaired) electrons. The lowest BCUT2D eigenvalue weighted by molar-refractivity contribution is -0.123. The van der Waals surface area contributed by atoms with Gasteiger partial charge in [-0.1, -0.05) is 13.8 Å². The Hall–Kier alpha value is -2.54. The number of amides is 2. The first-order valence-corrected chi connectivity index (χ1v) is 10.5. The van der Waals surface area contributed by atoms with Crippen LogP contribution in [0.5, 0.6) is 5.75 Å². The number of ether oxygens (including phenoxy) is 1. The average Bonchev–Trinajstić information content (AvgIpc) is 2.72. The molecule has 0 bridgehead atoms. The van der Waals surface area contributed by atoms with E-state index in [0.29, 0.717) is 17.9 Å². The van der Waals surface area contributed by atoms with Gasteiger partial charge in [0.15, 0.2) is 0 Å². The molecule has 1 atom stereocenters. The van der Waals surface area contributed by atoms with Crippen molar-refractivity contribution in [2.45, 2.75) is 31.2 Å². The molecule has 7 heteroatoms. The van der Waals surface area contributed by atoms with Crippen LogP contribution in [-0.2, 0) is 4.79 Å². The maximum Gasteiger partial charge on any atom is 0.251 e. The number of carbonyl (C=O) groups is 2. The lowest BCUT2D eigenvalue weighted by atomic mass is 10.0. The molecule has 2 aromatic carbocycles. The van der Waals surface area contributed by atoms with Crippen molar-refractivity contribution >= 4 is 23.6 Å². The van der Waals surface area contributed by atoms with Gasteiger partial charge in [0.2, 0.25) is 5.91 Å². The number of hydrogen-bond acceptors (Lipinski definition) is 4. The van der Waals surface area contributed by atoms with E-state index in [-0.39, 0.29) is 23.5 Å². The predicted molar refractivity (Wildman–Crippen MR) is 114 cm³/mol. The van der Waals surface area contributed by atoms with Crippen molar-refractivity contribution in [1.82, 2.24) is 10.6 Å². The minimum Gasteiger partial charge on any atom is -0.497 e. The van der Waals surface area contributed by atoms with Crippen molar-refractivity contribution in [1.29, 1.82) is 0 Å². The SMILES string of the molecule is COc1ccc(C(=O)NC(C(=O)NCCCSc2ccc(F)cc2)C(C)C)cc1. The fourth-order valence-corrected chi connectivity index (χ4v) is 3.47. The van der Waals surface area contributed by atoms with Crippen LogP contribution in [0.4, 0.5) is 4.39 Å². The maximum atomic E-state index is 12.9. The largest absolute Gasteiger partial charge is 0.497 e. The molecule has 0 fully saturated rings. The molecule has 2 amide bonds. The van der Waals surface area contributed by atoms with Gasteiger partial charge >= 0.3 is 0 Å². The van der Waals surface area contributed by atoms with Crippen LogP contribution in [0.1, 0.15) is 30.6 Å². The molecule has 2 rings (SSSR count). The second-order valence-electron chi connectivity index (χ2n) is 6.87. The van der Waals surface area contributed by atoms with Crippen LogP contribution < -0.4 is 15.4 Å². The van der Waals surface area contributed by atoms with E-state index in [4.69, 9.17) is 4.74 Å². The maximum absolute atomic E-state index is 12.9. The van der Waals surface area contributed by atoms with Crippen molar-refractivity contribution in [3.05, 3.63) is 59.9 Å². The summed E-state index contributed by atoms with van der Waals surface area (Å²) in [5.41, 5.74) is 0.472. The summed E-state index contributed by atoms with van der Waals surface area (Å²) in [5, 5.41) is 5.70. The van der Waals surface area contributed by atoms with Gasteiger partial charge < -0.3 is 15.4 Å². The average molecular weight is 419 g/mol. The molecule has 0 heterocycles. The smallest absolute Gasteiger partial charge is 0.251 e. The Bertz CT molecular complexity index is 795. The van der Waals surface area contributed by atoms with E-state index in [2.05, 4.69) is 10.6 Å². The van der Waals surface area contributed by atoms with Crippen molar-refractivity contribution in [2.24, 2.45) is 5.92 Å². The van der Waals surface area contributed by atoms with Crippen LogP contribution in [0.2, 0.25) is 0 Å². The minimum atomic E-state index is -0.616. The summed E-state index contributed by atoms with van der Waals surface area (Å²) in [6.45, 7) is 4.29. The molecule has 0 aliphatic heterocycles. The molecule has 5 nitrogen and oxygen atoms in total. The van der Waals surface area contributed by atoms with Crippen LogP contribution >= 0.6 is 11.8 Å². The normalized spacial score (nSPS) is 11.8. The van der Waals surface area contributed by atoms with E-state index in [0.717, 1.165) is 17.1 Å². The van der Waals surface area contributed by atoms with Crippen LogP contribution in [0.25, 0.3) is 0 Å². The molecule has 29 heavy (non-hydrogen) atoms. The first kappa shape index (κ1) is 22.7. The molecular formula is C22H27FN2O3S. The van der Waals surface area contributed by atoms with Crippen LogP contribution in [0, 0.1) is 11.7 Å². The standard InChI is InChI=1S/C22H27FN2O3S/c1-15(2)20(25-21(26)16-5-9-18(28-3)10-6-16)22(27)24-13-4-14-29-19-11-7-17(23)8-12-19/h5-12,15,20H,4,13-14H2,1-3H3,(H,24,27)(H,25,26). The van der Waals surface area contributed by atoms with Gasteiger partial charge in [-0.3, -0.25) is 9.59 Å². The number of thioether (sulfide) groups is 1. The summed E-state index contributed by atoms with van der Waals surface area (Å²) >= 11 is 1.61. The molecule has 0 saturated heterocycles. The summed E-state index contributed by atoms with van der Waals surface area (Å²) in [5.74, 6) is 0.667. The molecule has 0 aromatic heterocycles. The number of methoxy groups -OCH3 is 1. The highest BCUT2D eigenvalue weighted by Crippen LogP contribution is 2.18. The molecule has 0 aliphatic carbocycles. The number of carbonyl (C=O) groups excluding carboxylic acids is 2. The molecule has 2 N–H and O–H groups in total. The number of halogens is 1. The molecule has 0 saturated carbocycles. The van der Waals surface area contributed by atoms with Gasteiger partial charge in [-0.2, -0.15) is 0 Å². The summed E-state index contributed by atoms with van der Waals surface area (Å²) in [6.07, 6.45) is 0.769. The van der Waals surface area contributed by atoms with Crippen molar-refractivity contribution in [3.63, 3.8) is 0 Å². The van der Waals surface area contributed by atoms with E-state index in [1.54, 1.807) is 55.3 Å². The Labute approximate surface area is 175 Å². The quantitative estimate of drug-likeness (QED) is 0.454. The molecule has 0 aliphatic rings. The third-order valence-electron chi connectivity index (χ3n) is 4.29. The Balaban J connectivity index is 1.78. The number of hydrogen-bond donors (Lipinski definition) is 2. The molecule has 1 unspecified atom stereocenters. The number of benzene rings is 2. The zero-order valence-electron chi connectivity index (χ0n) is 16.9. The highest BCUT2D eigenvalue weighted by molar-refractivity contribution is 7.99. The number of rotatable bonds is 10. The van der Waals surface area contributed by atoms with Gasteiger partial charge in [-0.15, -0.1) is 11.8 Å². The summed E-state index contributed by atoms with van der Waals surface area (Å²) in [6, 6.07) is 12.5. The molecule has 0 spiro atoms. The van der Waals surface area contributed by atoms with Gasteiger partial charge in [0.05, 0.1) is 7.11 Å². The van der Waals surface area contributed by atoms with Gasteiger partial charge in [0, 0.05) is 17.0 Å². The van der Waals surface area contributed by atoms with E-state index in [9.17, 15) is 14.0 Å². The highest BCUT2D eigenvalue weighted by Gasteiger charge is 2.24. The fourth-order valence-electron chi connectivity index (χ4n) is 2.62. The molecule has 2 aromatic rings. The Morgan fingerprint density at radius 2 is 1.72 bits per heavy atom. The van der Waals surface area contributed by atoms with Crippen LogP contribution in [0.3, 0.4) is 0 Å². The number of nitrogens with one attached hydrogen (secondary N) is 2. The van der Waals surface area contributed by atoms with E-state index in [1.807, 2.05) is 13.8 Å². The summed E-state index contributed by atoms with van der Waals surface area (Å²) < 4.78 is 18.0. The first-order chi connectivity index (χ1) is 13.9. The second-order valence-corrected chi connectivity index (χ2v) is 8.04. The lowest BCUT2D eigenvalue weighted by Crippen LogP contribution is -2.49. The lowest BCUT2D eigenvalue weighted by Gasteiger charge is -2.22. The van der Waals surface area contributed by atoms with Crippen LogP contribution in [-0.4, -0.2) is 37.3 Å². The summed E-state index contributed by atoms with van der Waals surface area (Å²) in [7, 11) is 1.56. The third-order valence-corrected chi connectivity index (χ3v) is 5.39. The monoisotopic (exact) mass is 418 g/mol. The van der Waals surface area contributed by atoms with E-state index < -0.39 is 6.04 Å². The van der Waals surface area contributed by atoms with Crippen molar-refractivity contribution in [3.8, 4) is 5.75 Å². The highest BCUT2D eigenvalue weighted by atomic mass is 32.2. The Morgan fingerprint density at radius 3 is 2.31 bits per heavy atom. The molecular weight excluding hydrogens is 391 g/mol. The predicted octanol–water partition coefficient (Wildman–Crippen LogP) is 3.89. The van der Waals surface area contributed by atoms with Crippen molar-refractivity contribution < 1.29 is 18.7 Å². The van der Waals surface area contributed by atoms with Gasteiger partial charge in [-0.05, 0) is 66.6 Å². The second kappa shape index (κ2) is 11.5.